The maximum Gasteiger partial charge on any atom is 0.430 e. The fraction of sp³-hybridized carbons (Fsp3) is 0.308. The molecule has 1 aromatic carbocycles. The molecule has 1 aromatic rings. The Bertz CT molecular complexity index is 610. The van der Waals surface area contributed by atoms with E-state index < -0.39 is 23.8 Å². The molecule has 0 bridgehead atoms. The SMILES string of the molecule is COCc1cc(Cl)cc2c1O[C@H](C(F)(F)F)C(C(=O)O)=C2. The zero-order chi connectivity index (χ0) is 15.8. The number of rotatable bonds is 3. The predicted octanol–water partition coefficient (Wildman–Crippen LogP) is 3.28. The van der Waals surface area contributed by atoms with Crippen molar-refractivity contribution in [2.75, 3.05) is 7.11 Å². The van der Waals surface area contributed by atoms with Gasteiger partial charge in [0.25, 0.3) is 0 Å². The first-order valence-corrected chi connectivity index (χ1v) is 6.11. The van der Waals surface area contributed by atoms with Gasteiger partial charge in [0, 0.05) is 23.3 Å². The standard InChI is InChI=1S/C13H10ClF3O4/c1-20-5-7-3-8(14)2-6-4-9(12(18)19)11(13(15,16)17)21-10(6)7/h2-4,11H,5H2,1H3,(H,18,19)/t11-/m0/s1. The molecule has 0 unspecified atom stereocenters. The van der Waals surface area contributed by atoms with Crippen LogP contribution in [0, 0.1) is 0 Å². The van der Waals surface area contributed by atoms with Gasteiger partial charge in [0.2, 0.25) is 6.10 Å². The van der Waals surface area contributed by atoms with E-state index in [-0.39, 0.29) is 22.9 Å². The van der Waals surface area contributed by atoms with Gasteiger partial charge in [-0.3, -0.25) is 0 Å². The molecular weight excluding hydrogens is 313 g/mol. The van der Waals surface area contributed by atoms with Gasteiger partial charge < -0.3 is 14.6 Å². The molecule has 114 valence electrons. The third-order valence-electron chi connectivity index (χ3n) is 2.83. The fourth-order valence-corrected chi connectivity index (χ4v) is 2.28. The molecule has 1 heterocycles. The van der Waals surface area contributed by atoms with Gasteiger partial charge in [-0.25, -0.2) is 4.79 Å². The topological polar surface area (TPSA) is 55.8 Å². The van der Waals surface area contributed by atoms with E-state index in [1.165, 1.54) is 19.2 Å². The second-order valence-corrected chi connectivity index (χ2v) is 4.80. The number of ether oxygens (including phenoxy) is 2. The third kappa shape index (κ3) is 3.14. The molecule has 0 radical (unpaired) electrons. The summed E-state index contributed by atoms with van der Waals surface area (Å²) in [4.78, 5) is 11.0. The van der Waals surface area contributed by atoms with Crippen LogP contribution in [0.25, 0.3) is 6.08 Å². The maximum absolute atomic E-state index is 13.0. The van der Waals surface area contributed by atoms with E-state index in [9.17, 15) is 18.0 Å². The number of methoxy groups -OCH3 is 1. The van der Waals surface area contributed by atoms with Gasteiger partial charge in [0.15, 0.2) is 0 Å². The summed E-state index contributed by atoms with van der Waals surface area (Å²) in [6, 6.07) is 2.75. The molecule has 21 heavy (non-hydrogen) atoms. The Morgan fingerprint density at radius 2 is 2.14 bits per heavy atom. The third-order valence-corrected chi connectivity index (χ3v) is 3.05. The van der Waals surface area contributed by atoms with Gasteiger partial charge >= 0.3 is 12.1 Å². The summed E-state index contributed by atoms with van der Waals surface area (Å²) in [5.41, 5.74) is -0.400. The molecule has 0 fully saturated rings. The number of carbonyl (C=O) groups is 1. The van der Waals surface area contributed by atoms with Crippen LogP contribution in [0.4, 0.5) is 13.2 Å². The molecule has 0 amide bonds. The van der Waals surface area contributed by atoms with Crippen LogP contribution in [0.2, 0.25) is 5.02 Å². The van der Waals surface area contributed by atoms with Gasteiger partial charge in [0.05, 0.1) is 12.2 Å². The second-order valence-electron chi connectivity index (χ2n) is 4.36. The second kappa shape index (κ2) is 5.57. The Labute approximate surface area is 122 Å². The smallest absolute Gasteiger partial charge is 0.430 e. The minimum absolute atomic E-state index is 0.0102. The monoisotopic (exact) mass is 322 g/mol. The number of fused-ring (bicyclic) bond motifs is 1. The number of benzene rings is 1. The summed E-state index contributed by atoms with van der Waals surface area (Å²) in [7, 11) is 1.37. The lowest BCUT2D eigenvalue weighted by Gasteiger charge is -2.28. The van der Waals surface area contributed by atoms with Crippen LogP contribution in [0.1, 0.15) is 11.1 Å². The Kier molecular flexibility index (Phi) is 4.15. The molecule has 1 N–H and O–H groups in total. The van der Waals surface area contributed by atoms with E-state index in [0.717, 1.165) is 6.08 Å². The van der Waals surface area contributed by atoms with E-state index in [2.05, 4.69) is 0 Å². The lowest BCUT2D eigenvalue weighted by molar-refractivity contribution is -0.187. The summed E-state index contributed by atoms with van der Waals surface area (Å²) in [5.74, 6) is -1.77. The zero-order valence-corrected chi connectivity index (χ0v) is 11.5. The Morgan fingerprint density at radius 1 is 1.48 bits per heavy atom. The van der Waals surface area contributed by atoms with E-state index >= 15 is 0 Å². The number of hydrogen-bond acceptors (Lipinski definition) is 3. The number of aliphatic carboxylic acids is 1. The molecule has 0 saturated heterocycles. The first-order valence-electron chi connectivity index (χ1n) is 5.73. The molecule has 1 atom stereocenters. The molecule has 1 aliphatic heterocycles. The summed E-state index contributed by atoms with van der Waals surface area (Å²) < 4.78 is 48.7. The zero-order valence-electron chi connectivity index (χ0n) is 10.7. The highest BCUT2D eigenvalue weighted by Gasteiger charge is 2.48. The maximum atomic E-state index is 13.0. The number of carboxylic acids is 1. The highest BCUT2D eigenvalue weighted by atomic mass is 35.5. The lowest BCUT2D eigenvalue weighted by Crippen LogP contribution is -2.40. The average molecular weight is 323 g/mol. The van der Waals surface area contributed by atoms with Crippen molar-refractivity contribution >= 4 is 23.6 Å². The number of alkyl halides is 3. The van der Waals surface area contributed by atoms with Crippen molar-refractivity contribution in [3.05, 3.63) is 33.9 Å². The van der Waals surface area contributed by atoms with Crippen LogP contribution >= 0.6 is 11.6 Å². The highest BCUT2D eigenvalue weighted by Crippen LogP contribution is 2.40. The van der Waals surface area contributed by atoms with Crippen LogP contribution in [-0.2, 0) is 16.1 Å². The molecule has 0 aliphatic carbocycles. The van der Waals surface area contributed by atoms with Crippen molar-refractivity contribution in [3.8, 4) is 5.75 Å². The van der Waals surface area contributed by atoms with Gasteiger partial charge in [-0.1, -0.05) is 11.6 Å². The Balaban J connectivity index is 2.60. The largest absolute Gasteiger partial charge is 0.478 e. The van der Waals surface area contributed by atoms with Crippen molar-refractivity contribution in [2.45, 2.75) is 18.9 Å². The molecule has 4 nitrogen and oxygen atoms in total. The van der Waals surface area contributed by atoms with Crippen LogP contribution in [-0.4, -0.2) is 30.5 Å². The fourth-order valence-electron chi connectivity index (χ4n) is 2.03. The highest BCUT2D eigenvalue weighted by molar-refractivity contribution is 6.30. The minimum Gasteiger partial charge on any atom is -0.478 e. The molecule has 1 aliphatic rings. The van der Waals surface area contributed by atoms with Gasteiger partial charge in [-0.05, 0) is 18.2 Å². The Morgan fingerprint density at radius 3 is 2.67 bits per heavy atom. The van der Waals surface area contributed by atoms with Crippen LogP contribution in [0.5, 0.6) is 5.75 Å². The van der Waals surface area contributed by atoms with Crippen molar-refractivity contribution in [1.29, 1.82) is 0 Å². The number of carboxylic acid groups (broad SMARTS) is 1. The molecular formula is C13H10ClF3O4. The van der Waals surface area contributed by atoms with E-state index in [1.54, 1.807) is 0 Å². The van der Waals surface area contributed by atoms with E-state index in [4.69, 9.17) is 26.2 Å². The summed E-state index contributed by atoms with van der Waals surface area (Å²) in [6.07, 6.45) is -6.45. The average Bonchev–Trinajstić information content (AvgIpc) is 2.36. The molecule has 0 aromatic heterocycles. The Hall–Kier alpha value is -1.73. The normalized spacial score (nSPS) is 17.8. The number of halogens is 4. The summed E-state index contributed by atoms with van der Waals surface area (Å²) >= 11 is 5.86. The van der Waals surface area contributed by atoms with Crippen molar-refractivity contribution < 1.29 is 32.5 Å². The van der Waals surface area contributed by atoms with Gasteiger partial charge in [-0.2, -0.15) is 13.2 Å². The van der Waals surface area contributed by atoms with Crippen molar-refractivity contribution in [1.82, 2.24) is 0 Å². The predicted molar refractivity (Wildman–Crippen MR) is 68.2 cm³/mol. The minimum atomic E-state index is -4.84. The van der Waals surface area contributed by atoms with Gasteiger partial charge in [0.1, 0.15) is 5.75 Å². The van der Waals surface area contributed by atoms with Crippen molar-refractivity contribution in [3.63, 3.8) is 0 Å². The van der Waals surface area contributed by atoms with Crippen LogP contribution in [0.3, 0.4) is 0 Å². The van der Waals surface area contributed by atoms with Crippen LogP contribution < -0.4 is 4.74 Å². The number of hydrogen-bond donors (Lipinski definition) is 1. The molecule has 0 saturated carbocycles. The van der Waals surface area contributed by atoms with E-state index in [1.807, 2.05) is 0 Å². The lowest BCUT2D eigenvalue weighted by atomic mass is 9.99. The summed E-state index contributed by atoms with van der Waals surface area (Å²) in [6.45, 7) is -0.0102. The summed E-state index contributed by atoms with van der Waals surface area (Å²) in [5, 5.41) is 9.18. The molecule has 0 spiro atoms. The molecule has 8 heteroatoms. The first-order chi connectivity index (χ1) is 9.74. The van der Waals surface area contributed by atoms with E-state index in [0.29, 0.717) is 5.56 Å². The van der Waals surface area contributed by atoms with Crippen molar-refractivity contribution in [2.24, 2.45) is 0 Å². The van der Waals surface area contributed by atoms with Gasteiger partial charge in [-0.15, -0.1) is 0 Å². The quantitative estimate of drug-likeness (QED) is 0.928. The molecule has 2 rings (SSSR count). The van der Waals surface area contributed by atoms with Crippen LogP contribution in [0.15, 0.2) is 17.7 Å². The first kappa shape index (κ1) is 15.7.